The van der Waals surface area contributed by atoms with E-state index in [0.29, 0.717) is 19.6 Å². The Kier molecular flexibility index (Phi) is 5.83. The van der Waals surface area contributed by atoms with Gasteiger partial charge in [0.05, 0.1) is 3.79 Å². The SMILES string of the molecule is O=S(=O)(NCCc1ccc(Br)s1)N1CCCCCC1. The van der Waals surface area contributed by atoms with E-state index in [2.05, 4.69) is 20.7 Å². The van der Waals surface area contributed by atoms with Crippen LogP contribution in [0, 0.1) is 0 Å². The predicted molar refractivity (Wildman–Crippen MR) is 82.7 cm³/mol. The summed E-state index contributed by atoms with van der Waals surface area (Å²) in [6.45, 7) is 1.77. The highest BCUT2D eigenvalue weighted by Crippen LogP contribution is 2.22. The van der Waals surface area contributed by atoms with Crippen LogP contribution in [0.2, 0.25) is 0 Å². The zero-order valence-corrected chi connectivity index (χ0v) is 14.0. The molecule has 0 aromatic carbocycles. The van der Waals surface area contributed by atoms with Crippen LogP contribution in [0.25, 0.3) is 0 Å². The van der Waals surface area contributed by atoms with Crippen molar-refractivity contribution in [3.05, 3.63) is 20.8 Å². The lowest BCUT2D eigenvalue weighted by atomic mass is 10.2. The minimum atomic E-state index is -3.29. The molecule has 1 aromatic heterocycles. The summed E-state index contributed by atoms with van der Waals surface area (Å²) in [5, 5.41) is 0. The first-order chi connectivity index (χ1) is 9.08. The molecule has 0 spiro atoms. The lowest BCUT2D eigenvalue weighted by molar-refractivity contribution is 0.415. The van der Waals surface area contributed by atoms with Gasteiger partial charge in [-0.05, 0) is 47.3 Å². The van der Waals surface area contributed by atoms with Gasteiger partial charge in [-0.1, -0.05) is 12.8 Å². The molecule has 2 rings (SSSR count). The van der Waals surface area contributed by atoms with Gasteiger partial charge in [0.2, 0.25) is 0 Å². The first-order valence-electron chi connectivity index (χ1n) is 6.57. The van der Waals surface area contributed by atoms with E-state index >= 15 is 0 Å². The van der Waals surface area contributed by atoms with Crippen molar-refractivity contribution in [1.29, 1.82) is 0 Å². The molecule has 0 amide bonds. The lowest BCUT2D eigenvalue weighted by Gasteiger charge is -2.20. The van der Waals surface area contributed by atoms with Crippen molar-refractivity contribution in [1.82, 2.24) is 9.03 Å². The smallest absolute Gasteiger partial charge is 0.202 e. The number of thiophene rings is 1. The molecule has 7 heteroatoms. The maximum Gasteiger partial charge on any atom is 0.279 e. The van der Waals surface area contributed by atoms with Gasteiger partial charge < -0.3 is 0 Å². The van der Waals surface area contributed by atoms with Gasteiger partial charge in [0.1, 0.15) is 0 Å². The minimum absolute atomic E-state index is 0.464. The molecule has 0 aliphatic carbocycles. The largest absolute Gasteiger partial charge is 0.279 e. The van der Waals surface area contributed by atoms with Crippen molar-refractivity contribution in [2.75, 3.05) is 19.6 Å². The van der Waals surface area contributed by atoms with Gasteiger partial charge >= 0.3 is 0 Å². The van der Waals surface area contributed by atoms with Crippen molar-refractivity contribution >= 4 is 37.5 Å². The Morgan fingerprint density at radius 2 is 1.89 bits per heavy atom. The minimum Gasteiger partial charge on any atom is -0.202 e. The van der Waals surface area contributed by atoms with E-state index in [1.165, 1.54) is 4.88 Å². The lowest BCUT2D eigenvalue weighted by Crippen LogP contribution is -2.41. The number of rotatable bonds is 5. The summed E-state index contributed by atoms with van der Waals surface area (Å²) >= 11 is 5.05. The first-order valence-corrected chi connectivity index (χ1v) is 9.62. The van der Waals surface area contributed by atoms with E-state index in [4.69, 9.17) is 0 Å². The quantitative estimate of drug-likeness (QED) is 0.870. The number of hydrogen-bond donors (Lipinski definition) is 1. The Labute approximate surface area is 127 Å². The number of nitrogens with zero attached hydrogens (tertiary/aromatic N) is 1. The second kappa shape index (κ2) is 7.17. The summed E-state index contributed by atoms with van der Waals surface area (Å²) in [5.74, 6) is 0. The molecular weight excluding hydrogens is 348 g/mol. The van der Waals surface area contributed by atoms with Crippen LogP contribution in [-0.2, 0) is 16.6 Å². The molecule has 0 saturated carbocycles. The Balaban J connectivity index is 1.83. The van der Waals surface area contributed by atoms with E-state index < -0.39 is 10.2 Å². The molecular formula is C12H19BrN2O2S2. The topological polar surface area (TPSA) is 49.4 Å². The van der Waals surface area contributed by atoms with Crippen molar-refractivity contribution in [3.8, 4) is 0 Å². The van der Waals surface area contributed by atoms with Gasteiger partial charge in [-0.2, -0.15) is 12.7 Å². The highest BCUT2D eigenvalue weighted by Gasteiger charge is 2.22. The third-order valence-corrected chi connectivity index (χ3v) is 6.49. The van der Waals surface area contributed by atoms with Crippen molar-refractivity contribution in [3.63, 3.8) is 0 Å². The first kappa shape index (κ1) is 15.4. The van der Waals surface area contributed by atoms with E-state index in [1.54, 1.807) is 15.6 Å². The standard InChI is InChI=1S/C12H19BrN2O2S2/c13-12-6-5-11(18-12)7-8-14-19(16,17)15-9-3-1-2-4-10-15/h5-6,14H,1-4,7-10H2. The Bertz CT molecular complexity index is 494. The number of hydrogen-bond acceptors (Lipinski definition) is 3. The maximum absolute atomic E-state index is 12.1. The second-order valence-corrected chi connectivity index (χ2v) is 8.97. The Hall–Kier alpha value is 0.0500. The zero-order chi connectivity index (χ0) is 13.7. The van der Waals surface area contributed by atoms with E-state index in [9.17, 15) is 8.42 Å². The van der Waals surface area contributed by atoms with Crippen LogP contribution in [0.5, 0.6) is 0 Å². The fourth-order valence-electron chi connectivity index (χ4n) is 2.16. The zero-order valence-electron chi connectivity index (χ0n) is 10.8. The van der Waals surface area contributed by atoms with Crippen molar-refractivity contribution in [2.45, 2.75) is 32.1 Å². The molecule has 1 saturated heterocycles. The Morgan fingerprint density at radius 3 is 2.47 bits per heavy atom. The highest BCUT2D eigenvalue weighted by atomic mass is 79.9. The normalized spacial score (nSPS) is 18.4. The van der Waals surface area contributed by atoms with Crippen LogP contribution in [0.15, 0.2) is 15.9 Å². The van der Waals surface area contributed by atoms with Gasteiger partial charge in [-0.15, -0.1) is 11.3 Å². The summed E-state index contributed by atoms with van der Waals surface area (Å²) in [6.07, 6.45) is 4.95. The third-order valence-electron chi connectivity index (χ3n) is 3.19. The van der Waals surface area contributed by atoms with Crippen LogP contribution in [0.3, 0.4) is 0 Å². The summed E-state index contributed by atoms with van der Waals surface area (Å²) < 4.78 is 29.7. The molecule has 1 fully saturated rings. The predicted octanol–water partition coefficient (Wildman–Crippen LogP) is 2.76. The third kappa shape index (κ3) is 4.82. The average Bonchev–Trinajstić information content (AvgIpc) is 2.64. The molecule has 4 nitrogen and oxygen atoms in total. The summed E-state index contributed by atoms with van der Waals surface area (Å²) in [5.41, 5.74) is 0. The number of halogens is 1. The molecule has 0 radical (unpaired) electrons. The highest BCUT2D eigenvalue weighted by molar-refractivity contribution is 9.11. The van der Waals surface area contributed by atoms with Gasteiger partial charge in [0.15, 0.2) is 0 Å². The van der Waals surface area contributed by atoms with Crippen LogP contribution < -0.4 is 4.72 Å². The van der Waals surface area contributed by atoms with E-state index in [1.807, 2.05) is 12.1 Å². The maximum atomic E-state index is 12.1. The molecule has 1 N–H and O–H groups in total. The average molecular weight is 367 g/mol. The van der Waals surface area contributed by atoms with Crippen molar-refractivity contribution in [2.24, 2.45) is 0 Å². The molecule has 2 heterocycles. The molecule has 0 atom stereocenters. The molecule has 19 heavy (non-hydrogen) atoms. The number of nitrogens with one attached hydrogen (secondary N) is 1. The monoisotopic (exact) mass is 366 g/mol. The fraction of sp³-hybridized carbons (Fsp3) is 0.667. The molecule has 0 unspecified atom stereocenters. The van der Waals surface area contributed by atoms with Crippen LogP contribution in [0.4, 0.5) is 0 Å². The van der Waals surface area contributed by atoms with Gasteiger partial charge in [0.25, 0.3) is 10.2 Å². The van der Waals surface area contributed by atoms with Gasteiger partial charge in [0, 0.05) is 24.5 Å². The summed E-state index contributed by atoms with van der Waals surface area (Å²) in [7, 11) is -3.29. The molecule has 1 aliphatic rings. The van der Waals surface area contributed by atoms with Crippen molar-refractivity contribution < 1.29 is 8.42 Å². The molecule has 0 bridgehead atoms. The van der Waals surface area contributed by atoms with Crippen LogP contribution in [-0.4, -0.2) is 32.4 Å². The summed E-state index contributed by atoms with van der Waals surface area (Å²) in [6, 6.07) is 4.01. The van der Waals surface area contributed by atoms with E-state index in [0.717, 1.165) is 35.9 Å². The van der Waals surface area contributed by atoms with Gasteiger partial charge in [-0.25, -0.2) is 4.72 Å². The summed E-state index contributed by atoms with van der Waals surface area (Å²) in [4.78, 5) is 1.19. The fourth-order valence-corrected chi connectivity index (χ4v) is 4.93. The molecule has 1 aliphatic heterocycles. The second-order valence-electron chi connectivity index (χ2n) is 4.67. The molecule has 1 aromatic rings. The van der Waals surface area contributed by atoms with E-state index in [-0.39, 0.29) is 0 Å². The molecule has 108 valence electrons. The van der Waals surface area contributed by atoms with Crippen LogP contribution in [0.1, 0.15) is 30.6 Å². The van der Waals surface area contributed by atoms with Gasteiger partial charge in [-0.3, -0.25) is 0 Å². The Morgan fingerprint density at radius 1 is 1.21 bits per heavy atom. The van der Waals surface area contributed by atoms with Crippen LogP contribution >= 0.6 is 27.3 Å².